The Morgan fingerprint density at radius 3 is 2.40 bits per heavy atom. The normalized spacial score (nSPS) is 11.2. The summed E-state index contributed by atoms with van der Waals surface area (Å²) in [4.78, 5) is 22.3. The number of ether oxygens (including phenoxy) is 1. The van der Waals surface area contributed by atoms with E-state index in [9.17, 15) is 28.1 Å². The summed E-state index contributed by atoms with van der Waals surface area (Å²) in [6, 6.07) is 4.58. The molecule has 0 fully saturated rings. The van der Waals surface area contributed by atoms with E-state index < -0.39 is 22.9 Å². The number of nitrogens with one attached hydrogen (secondary N) is 1. The summed E-state index contributed by atoms with van der Waals surface area (Å²) in [5.41, 5.74) is 0.493. The van der Waals surface area contributed by atoms with Gasteiger partial charge in [-0.15, -0.1) is 13.2 Å². The first kappa shape index (κ1) is 18.2. The lowest BCUT2D eigenvalue weighted by molar-refractivity contribution is -0.386. The number of aryl methyl sites for hydroxylation is 1. The summed E-state index contributed by atoms with van der Waals surface area (Å²) < 4.78 is 41.1. The highest BCUT2D eigenvalue weighted by atomic mass is 19.4. The van der Waals surface area contributed by atoms with E-state index in [1.165, 1.54) is 30.7 Å². The second-order valence-corrected chi connectivity index (χ2v) is 5.05. The van der Waals surface area contributed by atoms with Crippen molar-refractivity contribution >= 4 is 17.3 Å². The highest BCUT2D eigenvalue weighted by molar-refractivity contribution is 5.90. The average molecular weight is 358 g/mol. The summed E-state index contributed by atoms with van der Waals surface area (Å²) in [7, 11) is 0. The van der Waals surface area contributed by atoms with Crippen LogP contribution in [0.2, 0.25) is 0 Å². The van der Waals surface area contributed by atoms with E-state index in [0.717, 1.165) is 12.1 Å². The highest BCUT2D eigenvalue weighted by Crippen LogP contribution is 2.24. The fourth-order valence-electron chi connectivity index (χ4n) is 2.18. The van der Waals surface area contributed by atoms with Crippen molar-refractivity contribution in [1.29, 1.82) is 0 Å². The van der Waals surface area contributed by atoms with Crippen LogP contribution in [0.5, 0.6) is 5.75 Å². The second-order valence-electron chi connectivity index (χ2n) is 5.05. The molecule has 134 valence electrons. The third-order valence-corrected chi connectivity index (χ3v) is 3.19. The van der Waals surface area contributed by atoms with Gasteiger partial charge in [0.2, 0.25) is 5.91 Å². The van der Waals surface area contributed by atoms with Gasteiger partial charge in [-0.05, 0) is 38.1 Å². The zero-order chi connectivity index (χ0) is 18.8. The summed E-state index contributed by atoms with van der Waals surface area (Å²) >= 11 is 0. The Morgan fingerprint density at radius 1 is 1.32 bits per heavy atom. The highest BCUT2D eigenvalue weighted by Gasteiger charge is 2.31. The summed E-state index contributed by atoms with van der Waals surface area (Å²) in [5.74, 6) is -0.954. The Kier molecular flexibility index (Phi) is 4.95. The van der Waals surface area contributed by atoms with Crippen LogP contribution in [-0.2, 0) is 11.3 Å². The van der Waals surface area contributed by atoms with Gasteiger partial charge in [-0.2, -0.15) is 5.10 Å². The number of alkyl halides is 3. The molecule has 2 rings (SSSR count). The molecule has 0 aliphatic carbocycles. The van der Waals surface area contributed by atoms with Crippen LogP contribution in [0.1, 0.15) is 11.4 Å². The van der Waals surface area contributed by atoms with Crippen molar-refractivity contribution in [1.82, 2.24) is 9.78 Å². The molecule has 1 aromatic carbocycles. The number of nitro groups is 1. The van der Waals surface area contributed by atoms with Crippen LogP contribution in [0.25, 0.3) is 0 Å². The molecule has 0 aliphatic rings. The number of amides is 1. The molecule has 1 aromatic heterocycles. The van der Waals surface area contributed by atoms with Crippen LogP contribution in [0.3, 0.4) is 0 Å². The van der Waals surface area contributed by atoms with Crippen LogP contribution in [0.4, 0.5) is 24.5 Å². The van der Waals surface area contributed by atoms with Gasteiger partial charge < -0.3 is 10.1 Å². The number of hydrogen-bond donors (Lipinski definition) is 1. The maximum atomic E-state index is 12.1. The number of anilines is 1. The Morgan fingerprint density at radius 2 is 1.92 bits per heavy atom. The van der Waals surface area contributed by atoms with Gasteiger partial charge >= 0.3 is 12.0 Å². The minimum atomic E-state index is -4.80. The van der Waals surface area contributed by atoms with Crippen molar-refractivity contribution in [3.63, 3.8) is 0 Å². The van der Waals surface area contributed by atoms with Gasteiger partial charge in [0.05, 0.1) is 4.92 Å². The number of halogens is 3. The van der Waals surface area contributed by atoms with Gasteiger partial charge in [-0.1, -0.05) is 0 Å². The summed E-state index contributed by atoms with van der Waals surface area (Å²) in [6.07, 6.45) is -4.80. The molecule has 0 spiro atoms. The predicted octanol–water partition coefficient (Wildman–Crippen LogP) is 2.95. The SMILES string of the molecule is Cc1nn(CC(=O)Nc2ccc(OC(F)(F)F)cc2)c(C)c1[N+](=O)[O-]. The standard InChI is InChI=1S/C14H13F3N4O4/c1-8-13(21(23)24)9(2)20(19-8)7-12(22)18-10-3-5-11(6-4-10)25-14(15,16)17/h3-6H,7H2,1-2H3,(H,18,22). The molecule has 8 nitrogen and oxygen atoms in total. The number of hydrogen-bond acceptors (Lipinski definition) is 5. The minimum Gasteiger partial charge on any atom is -0.406 e. The van der Waals surface area contributed by atoms with Gasteiger partial charge in [0.15, 0.2) is 0 Å². The minimum absolute atomic E-state index is 0.165. The number of nitrogens with zero attached hydrogens (tertiary/aromatic N) is 3. The number of carbonyl (C=O) groups is 1. The Balaban J connectivity index is 2.03. The number of aromatic nitrogens is 2. The molecule has 0 atom stereocenters. The van der Waals surface area contributed by atoms with Crippen LogP contribution in [0, 0.1) is 24.0 Å². The van der Waals surface area contributed by atoms with Crippen molar-refractivity contribution in [3.8, 4) is 5.75 Å². The summed E-state index contributed by atoms with van der Waals surface area (Å²) in [6.45, 7) is 2.65. The summed E-state index contributed by atoms with van der Waals surface area (Å²) in [5, 5.41) is 17.3. The van der Waals surface area contributed by atoms with Gasteiger partial charge in [0, 0.05) is 5.69 Å². The molecule has 1 N–H and O–H groups in total. The van der Waals surface area contributed by atoms with Crippen molar-refractivity contribution in [2.45, 2.75) is 26.8 Å². The molecule has 1 heterocycles. The maximum absolute atomic E-state index is 12.1. The van der Waals surface area contributed by atoms with Gasteiger partial charge in [0.1, 0.15) is 23.7 Å². The first-order valence-electron chi connectivity index (χ1n) is 6.91. The molecule has 0 radical (unpaired) electrons. The smallest absolute Gasteiger partial charge is 0.406 e. The molecular weight excluding hydrogens is 345 g/mol. The van der Waals surface area contributed by atoms with E-state index in [1.54, 1.807) is 0 Å². The molecule has 0 saturated carbocycles. The van der Waals surface area contributed by atoms with Crippen LogP contribution >= 0.6 is 0 Å². The van der Waals surface area contributed by atoms with E-state index in [2.05, 4.69) is 15.2 Å². The molecule has 11 heteroatoms. The molecular formula is C14H13F3N4O4. The second kappa shape index (κ2) is 6.79. The molecule has 0 bridgehead atoms. The lowest BCUT2D eigenvalue weighted by atomic mass is 10.3. The van der Waals surface area contributed by atoms with Crippen LogP contribution < -0.4 is 10.1 Å². The zero-order valence-electron chi connectivity index (χ0n) is 13.1. The van der Waals surface area contributed by atoms with E-state index >= 15 is 0 Å². The molecule has 25 heavy (non-hydrogen) atoms. The predicted molar refractivity (Wildman–Crippen MR) is 80.1 cm³/mol. The number of rotatable bonds is 5. The van der Waals surface area contributed by atoms with Gasteiger partial charge in [-0.3, -0.25) is 19.6 Å². The molecule has 0 saturated heterocycles. The monoisotopic (exact) mass is 358 g/mol. The first-order valence-corrected chi connectivity index (χ1v) is 6.91. The number of benzene rings is 1. The molecule has 1 amide bonds. The van der Waals surface area contributed by atoms with Crippen molar-refractivity contribution in [2.24, 2.45) is 0 Å². The van der Waals surface area contributed by atoms with Crippen molar-refractivity contribution in [2.75, 3.05) is 5.32 Å². The fourth-order valence-corrected chi connectivity index (χ4v) is 2.18. The topological polar surface area (TPSA) is 99.3 Å². The van der Waals surface area contributed by atoms with Crippen molar-refractivity contribution < 1.29 is 27.6 Å². The fraction of sp³-hybridized carbons (Fsp3) is 0.286. The largest absolute Gasteiger partial charge is 0.573 e. The van der Waals surface area contributed by atoms with Gasteiger partial charge in [-0.25, -0.2) is 0 Å². The van der Waals surface area contributed by atoms with Crippen LogP contribution in [-0.4, -0.2) is 27.0 Å². The van der Waals surface area contributed by atoms with E-state index in [0.29, 0.717) is 0 Å². The third-order valence-electron chi connectivity index (χ3n) is 3.19. The lowest BCUT2D eigenvalue weighted by Crippen LogP contribution is -2.20. The average Bonchev–Trinajstić information content (AvgIpc) is 2.73. The van der Waals surface area contributed by atoms with E-state index in [1.807, 2.05) is 0 Å². The van der Waals surface area contributed by atoms with Crippen LogP contribution in [0.15, 0.2) is 24.3 Å². The molecule has 0 aliphatic heterocycles. The molecule has 2 aromatic rings. The van der Waals surface area contributed by atoms with Gasteiger partial charge in [0.25, 0.3) is 0 Å². The zero-order valence-corrected chi connectivity index (χ0v) is 13.1. The Hall–Kier alpha value is -3.11. The quantitative estimate of drug-likeness (QED) is 0.654. The Bertz CT molecular complexity index is 800. The third kappa shape index (κ3) is 4.68. The number of carbonyl (C=O) groups excluding carboxylic acids is 1. The maximum Gasteiger partial charge on any atom is 0.573 e. The van der Waals surface area contributed by atoms with E-state index in [-0.39, 0.29) is 29.3 Å². The molecule has 0 unspecified atom stereocenters. The van der Waals surface area contributed by atoms with E-state index in [4.69, 9.17) is 0 Å². The van der Waals surface area contributed by atoms with Crippen molar-refractivity contribution in [3.05, 3.63) is 45.8 Å². The lowest BCUT2D eigenvalue weighted by Gasteiger charge is -2.10. The Labute approximate surface area is 139 Å². The first-order chi connectivity index (χ1) is 11.6.